The zero-order valence-corrected chi connectivity index (χ0v) is 9.41. The van der Waals surface area contributed by atoms with Gasteiger partial charge < -0.3 is 4.74 Å². The average molecular weight is 204 g/mol. The van der Waals surface area contributed by atoms with Gasteiger partial charge in [0, 0.05) is 0 Å². The highest BCUT2D eigenvalue weighted by molar-refractivity contribution is 6.15. The monoisotopic (exact) mass is 204 g/mol. The van der Waals surface area contributed by atoms with Crippen molar-refractivity contribution < 1.29 is 9.53 Å². The molecule has 0 heterocycles. The highest BCUT2D eigenvalue weighted by Crippen LogP contribution is 2.19. The van der Waals surface area contributed by atoms with Crippen LogP contribution in [0.2, 0.25) is 0 Å². The van der Waals surface area contributed by atoms with Crippen molar-refractivity contribution >= 4 is 11.5 Å². The first-order valence-electron chi connectivity index (χ1n) is 4.93. The number of hydrogen-bond donors (Lipinski definition) is 0. The molecule has 0 atom stereocenters. The first-order chi connectivity index (χ1) is 7.06. The molecule has 0 bridgehead atoms. The predicted molar refractivity (Wildman–Crippen MR) is 61.6 cm³/mol. The van der Waals surface area contributed by atoms with E-state index in [1.54, 1.807) is 0 Å². The summed E-state index contributed by atoms with van der Waals surface area (Å²) in [5.74, 6) is 0.109. The molecule has 0 spiro atoms. The van der Waals surface area contributed by atoms with Gasteiger partial charge in [-0.15, -0.1) is 0 Å². The second-order valence-corrected chi connectivity index (χ2v) is 3.75. The van der Waals surface area contributed by atoms with E-state index in [0.29, 0.717) is 11.5 Å². The molecule has 2 nitrogen and oxygen atoms in total. The Morgan fingerprint density at radius 1 is 1.27 bits per heavy atom. The van der Waals surface area contributed by atoms with Crippen molar-refractivity contribution in [1.82, 2.24) is 0 Å². The molecule has 0 fully saturated rings. The topological polar surface area (TPSA) is 26.3 Å². The van der Waals surface area contributed by atoms with E-state index in [-0.39, 0.29) is 5.97 Å². The van der Waals surface area contributed by atoms with Crippen LogP contribution in [-0.4, -0.2) is 13.1 Å². The minimum atomic E-state index is -0.382. The molecule has 15 heavy (non-hydrogen) atoms. The fourth-order valence-electron chi connectivity index (χ4n) is 1.31. The van der Waals surface area contributed by atoms with Crippen molar-refractivity contribution in [2.45, 2.75) is 19.8 Å². The van der Waals surface area contributed by atoms with E-state index in [9.17, 15) is 4.79 Å². The van der Waals surface area contributed by atoms with Crippen molar-refractivity contribution in [2.24, 2.45) is 0 Å². The molecule has 0 aromatic heterocycles. The van der Waals surface area contributed by atoms with Crippen LogP contribution in [0.3, 0.4) is 0 Å². The van der Waals surface area contributed by atoms with Crippen molar-refractivity contribution in [1.29, 1.82) is 0 Å². The maximum absolute atomic E-state index is 11.2. The highest BCUT2D eigenvalue weighted by atomic mass is 16.5. The summed E-state index contributed by atoms with van der Waals surface area (Å²) < 4.78 is 4.61. The van der Waals surface area contributed by atoms with Gasteiger partial charge in [-0.25, -0.2) is 4.79 Å². The Labute approximate surface area is 90.6 Å². The third-order valence-electron chi connectivity index (χ3n) is 2.36. The number of carbonyl (C=O) groups excluding carboxylic acids is 1. The number of rotatable bonds is 3. The quantitative estimate of drug-likeness (QED) is 0.559. The van der Waals surface area contributed by atoms with Crippen molar-refractivity contribution in [3.8, 4) is 0 Å². The summed E-state index contributed by atoms with van der Waals surface area (Å²) in [6.45, 7) is 7.95. The molecule has 0 N–H and O–H groups in total. The van der Waals surface area contributed by atoms with Gasteiger partial charge in [0.15, 0.2) is 0 Å². The van der Waals surface area contributed by atoms with Crippen LogP contribution in [0.25, 0.3) is 5.57 Å². The molecule has 0 aliphatic rings. The molecule has 80 valence electrons. The smallest absolute Gasteiger partial charge is 0.337 e. The second-order valence-electron chi connectivity index (χ2n) is 3.75. The van der Waals surface area contributed by atoms with Crippen LogP contribution in [0.5, 0.6) is 0 Å². The summed E-state index contributed by atoms with van der Waals surface area (Å²) in [4.78, 5) is 11.2. The molecule has 0 aliphatic carbocycles. The molecule has 1 aromatic carbocycles. The molecular weight excluding hydrogens is 188 g/mol. The van der Waals surface area contributed by atoms with Gasteiger partial charge >= 0.3 is 5.97 Å². The fraction of sp³-hybridized carbons (Fsp3) is 0.308. The summed E-state index contributed by atoms with van der Waals surface area (Å²) in [6.07, 6.45) is 0. The molecule has 0 amide bonds. The number of esters is 1. The Morgan fingerprint density at radius 3 is 2.20 bits per heavy atom. The highest BCUT2D eigenvalue weighted by Gasteiger charge is 2.09. The largest absolute Gasteiger partial charge is 0.465 e. The lowest BCUT2D eigenvalue weighted by atomic mass is 9.99. The van der Waals surface area contributed by atoms with Crippen molar-refractivity contribution in [3.63, 3.8) is 0 Å². The number of hydrogen-bond acceptors (Lipinski definition) is 2. The van der Waals surface area contributed by atoms with Crippen molar-refractivity contribution in [3.05, 3.63) is 42.0 Å². The lowest BCUT2D eigenvalue weighted by Gasteiger charge is -2.07. The minimum Gasteiger partial charge on any atom is -0.465 e. The van der Waals surface area contributed by atoms with Gasteiger partial charge in [0.25, 0.3) is 0 Å². The third-order valence-corrected chi connectivity index (χ3v) is 2.36. The van der Waals surface area contributed by atoms with Crippen LogP contribution in [-0.2, 0) is 9.53 Å². The van der Waals surface area contributed by atoms with Gasteiger partial charge in [-0.1, -0.05) is 44.7 Å². The summed E-state index contributed by atoms with van der Waals surface area (Å²) in [5, 5.41) is 0. The Balaban J connectivity index is 2.89. The van der Waals surface area contributed by atoms with E-state index in [2.05, 4.69) is 25.2 Å². The summed E-state index contributed by atoms with van der Waals surface area (Å²) in [7, 11) is 1.36. The van der Waals surface area contributed by atoms with Gasteiger partial charge in [0.2, 0.25) is 0 Å². The van der Waals surface area contributed by atoms with E-state index in [1.807, 2.05) is 24.3 Å². The Hall–Kier alpha value is -1.57. The minimum absolute atomic E-state index is 0.382. The van der Waals surface area contributed by atoms with Crippen LogP contribution in [0.15, 0.2) is 30.8 Å². The van der Waals surface area contributed by atoms with Gasteiger partial charge in [0.05, 0.1) is 12.7 Å². The van der Waals surface area contributed by atoms with Crippen LogP contribution >= 0.6 is 0 Å². The van der Waals surface area contributed by atoms with Crippen LogP contribution < -0.4 is 0 Å². The molecule has 1 aromatic rings. The van der Waals surface area contributed by atoms with E-state index in [0.717, 1.165) is 5.56 Å². The molecule has 0 unspecified atom stereocenters. The molecule has 0 saturated carbocycles. The first kappa shape index (κ1) is 11.5. The molecule has 0 saturated heterocycles. The number of carbonyl (C=O) groups is 1. The van der Waals surface area contributed by atoms with Gasteiger partial charge in [0.1, 0.15) is 0 Å². The van der Waals surface area contributed by atoms with E-state index in [1.165, 1.54) is 12.7 Å². The molecule has 2 heteroatoms. The van der Waals surface area contributed by atoms with Gasteiger partial charge in [-0.3, -0.25) is 0 Å². The molecule has 1 rings (SSSR count). The maximum atomic E-state index is 11.2. The van der Waals surface area contributed by atoms with Crippen LogP contribution in [0, 0.1) is 0 Å². The van der Waals surface area contributed by atoms with Crippen LogP contribution in [0.1, 0.15) is 30.9 Å². The second kappa shape index (κ2) is 4.78. The van der Waals surface area contributed by atoms with Crippen molar-refractivity contribution in [2.75, 3.05) is 7.11 Å². The van der Waals surface area contributed by atoms with E-state index < -0.39 is 0 Å². The summed E-state index contributed by atoms with van der Waals surface area (Å²) in [5.41, 5.74) is 2.45. The molecule has 0 aliphatic heterocycles. The van der Waals surface area contributed by atoms with Gasteiger partial charge in [-0.2, -0.15) is 0 Å². The number of methoxy groups -OCH3 is 1. The normalized spacial score (nSPS) is 10.1. The zero-order valence-electron chi connectivity index (χ0n) is 9.41. The lowest BCUT2D eigenvalue weighted by Crippen LogP contribution is -2.02. The lowest BCUT2D eigenvalue weighted by molar-refractivity contribution is -0.133. The fourth-order valence-corrected chi connectivity index (χ4v) is 1.31. The number of ether oxygens (including phenoxy) is 1. The standard InChI is InChI=1S/C13H16O2/c1-9(2)11-5-7-12(8-6-11)10(3)13(14)15-4/h5-9H,3H2,1-2,4H3. The Kier molecular flexibility index (Phi) is 3.67. The number of benzene rings is 1. The zero-order chi connectivity index (χ0) is 11.4. The van der Waals surface area contributed by atoms with E-state index >= 15 is 0 Å². The third kappa shape index (κ3) is 2.69. The summed E-state index contributed by atoms with van der Waals surface area (Å²) in [6, 6.07) is 7.81. The Morgan fingerprint density at radius 2 is 1.80 bits per heavy atom. The SMILES string of the molecule is C=C(C(=O)OC)c1ccc(C(C)C)cc1. The molecule has 0 radical (unpaired) electrons. The van der Waals surface area contributed by atoms with Crippen LogP contribution in [0.4, 0.5) is 0 Å². The van der Waals surface area contributed by atoms with E-state index in [4.69, 9.17) is 0 Å². The first-order valence-corrected chi connectivity index (χ1v) is 4.93. The average Bonchev–Trinajstić information content (AvgIpc) is 2.27. The maximum Gasteiger partial charge on any atom is 0.337 e. The Bertz CT molecular complexity index is 361. The van der Waals surface area contributed by atoms with Gasteiger partial charge in [-0.05, 0) is 17.0 Å². The molecular formula is C13H16O2. The predicted octanol–water partition coefficient (Wildman–Crippen LogP) is 3.00. The summed E-state index contributed by atoms with van der Waals surface area (Å²) >= 11 is 0.